The first-order valence-electron chi connectivity index (χ1n) is 4.77. The summed E-state index contributed by atoms with van der Waals surface area (Å²) in [6, 6.07) is 11.9. The van der Waals surface area contributed by atoms with Crippen LogP contribution in [0.15, 0.2) is 53.6 Å². The van der Waals surface area contributed by atoms with Crippen LogP contribution < -0.4 is 9.88 Å². The molecule has 0 spiro atoms. The van der Waals surface area contributed by atoms with Crippen LogP contribution >= 0.6 is 0 Å². The molecule has 2 aromatic rings. The summed E-state index contributed by atoms with van der Waals surface area (Å²) in [6.45, 7) is 0. The topological polar surface area (TPSA) is 82.3 Å². The van der Waals surface area contributed by atoms with Crippen molar-refractivity contribution in [1.29, 1.82) is 0 Å². The van der Waals surface area contributed by atoms with Crippen LogP contribution in [0, 0.1) is 0 Å². The highest BCUT2D eigenvalue weighted by atomic mass is 32.2. The van der Waals surface area contributed by atoms with E-state index in [1.54, 1.807) is 12.1 Å². The van der Waals surface area contributed by atoms with Crippen LogP contribution in [0.2, 0.25) is 0 Å². The summed E-state index contributed by atoms with van der Waals surface area (Å²) in [7, 11) is -3.71. The van der Waals surface area contributed by atoms with Gasteiger partial charge in [-0.2, -0.15) is 0 Å². The molecule has 0 radical (unpaired) electrons. The molecule has 88 valence electrons. The zero-order chi connectivity index (χ0) is 12.3. The Bertz CT molecular complexity index is 594. The monoisotopic (exact) mass is 250 g/mol. The number of primary sulfonamides is 1. The molecule has 2 N–H and O–H groups in total. The molecule has 17 heavy (non-hydrogen) atoms. The first-order chi connectivity index (χ1) is 8.05. The smallest absolute Gasteiger partial charge is 0.239 e. The van der Waals surface area contributed by atoms with Crippen molar-refractivity contribution in [1.82, 2.24) is 4.98 Å². The van der Waals surface area contributed by atoms with Gasteiger partial charge in [0.2, 0.25) is 15.9 Å². The number of aromatic nitrogens is 1. The molecule has 0 atom stereocenters. The van der Waals surface area contributed by atoms with Gasteiger partial charge in [-0.15, -0.1) is 0 Å². The number of hydrogen-bond donors (Lipinski definition) is 1. The average Bonchev–Trinajstić information content (AvgIpc) is 2.30. The lowest BCUT2D eigenvalue weighted by molar-refractivity contribution is 0.462. The summed E-state index contributed by atoms with van der Waals surface area (Å²) in [5, 5.41) is 4.95. The minimum Gasteiger partial charge on any atom is -0.439 e. The number of para-hydroxylation sites is 1. The molecule has 1 aromatic heterocycles. The van der Waals surface area contributed by atoms with E-state index < -0.39 is 10.0 Å². The van der Waals surface area contributed by atoms with E-state index in [1.165, 1.54) is 12.1 Å². The molecule has 0 fully saturated rings. The summed E-state index contributed by atoms with van der Waals surface area (Å²) in [4.78, 5) is 3.82. The van der Waals surface area contributed by atoms with Crippen molar-refractivity contribution in [3.8, 4) is 11.6 Å². The normalized spacial score (nSPS) is 11.1. The molecular weight excluding hydrogens is 240 g/mol. The van der Waals surface area contributed by atoms with Gasteiger partial charge in [-0.3, -0.25) is 0 Å². The van der Waals surface area contributed by atoms with Gasteiger partial charge in [0.25, 0.3) is 0 Å². The van der Waals surface area contributed by atoms with Crippen molar-refractivity contribution in [2.24, 2.45) is 5.14 Å². The quantitative estimate of drug-likeness (QED) is 0.895. The van der Waals surface area contributed by atoms with Gasteiger partial charge < -0.3 is 4.74 Å². The maximum atomic E-state index is 11.0. The number of sulfonamides is 1. The Kier molecular flexibility index (Phi) is 3.08. The second-order valence-corrected chi connectivity index (χ2v) is 4.85. The molecule has 0 bridgehead atoms. The molecule has 1 heterocycles. The second-order valence-electron chi connectivity index (χ2n) is 3.29. The molecule has 0 aliphatic carbocycles. The molecule has 0 amide bonds. The number of nitrogens with two attached hydrogens (primary N) is 1. The maximum Gasteiger partial charge on any atom is 0.239 e. The maximum absolute atomic E-state index is 11.0. The Morgan fingerprint density at radius 1 is 1.06 bits per heavy atom. The number of rotatable bonds is 3. The summed E-state index contributed by atoms with van der Waals surface area (Å²) < 4.78 is 27.4. The molecule has 1 aromatic carbocycles. The van der Waals surface area contributed by atoms with Gasteiger partial charge >= 0.3 is 0 Å². The van der Waals surface area contributed by atoms with Crippen LogP contribution in [0.1, 0.15) is 0 Å². The van der Waals surface area contributed by atoms with Gasteiger partial charge in [-0.05, 0) is 18.2 Å². The predicted octanol–water partition coefficient (Wildman–Crippen LogP) is 1.52. The van der Waals surface area contributed by atoms with Crippen molar-refractivity contribution in [2.75, 3.05) is 0 Å². The third kappa shape index (κ3) is 3.02. The summed E-state index contributed by atoms with van der Waals surface area (Å²) in [5.74, 6) is 0.937. The molecule has 2 rings (SSSR count). The number of pyridine rings is 1. The van der Waals surface area contributed by atoms with E-state index in [9.17, 15) is 8.42 Å². The van der Waals surface area contributed by atoms with Gasteiger partial charge in [0.15, 0.2) is 0 Å². The van der Waals surface area contributed by atoms with Gasteiger partial charge in [0.05, 0.1) is 6.20 Å². The first kappa shape index (κ1) is 11.6. The molecule has 5 nitrogen and oxygen atoms in total. The summed E-state index contributed by atoms with van der Waals surface area (Å²) >= 11 is 0. The van der Waals surface area contributed by atoms with Crippen LogP contribution in [0.25, 0.3) is 0 Å². The van der Waals surface area contributed by atoms with E-state index in [0.29, 0.717) is 11.6 Å². The number of benzene rings is 1. The predicted molar refractivity (Wildman–Crippen MR) is 62.1 cm³/mol. The van der Waals surface area contributed by atoms with E-state index in [1.807, 2.05) is 18.2 Å². The van der Waals surface area contributed by atoms with Crippen molar-refractivity contribution in [3.63, 3.8) is 0 Å². The standard InChI is InChI=1S/C11H10N2O3S/c12-17(14,15)10-6-7-11(13-8-10)16-9-4-2-1-3-5-9/h1-8H,(H2,12,14,15). The van der Waals surface area contributed by atoms with E-state index >= 15 is 0 Å². The van der Waals surface area contributed by atoms with Crippen LogP contribution in [0.4, 0.5) is 0 Å². The third-order valence-electron chi connectivity index (χ3n) is 2.00. The Morgan fingerprint density at radius 2 is 1.76 bits per heavy atom. The van der Waals surface area contributed by atoms with Crippen molar-refractivity contribution in [2.45, 2.75) is 4.90 Å². The molecule has 0 saturated carbocycles. The third-order valence-corrected chi connectivity index (χ3v) is 2.90. The molecule has 0 aliphatic heterocycles. The highest BCUT2D eigenvalue weighted by Crippen LogP contribution is 2.19. The Balaban J connectivity index is 2.20. The largest absolute Gasteiger partial charge is 0.439 e. The fourth-order valence-electron chi connectivity index (χ4n) is 1.20. The Hall–Kier alpha value is -1.92. The van der Waals surface area contributed by atoms with Crippen molar-refractivity contribution in [3.05, 3.63) is 48.7 Å². The Labute approximate surface area is 98.9 Å². The highest BCUT2D eigenvalue weighted by molar-refractivity contribution is 7.89. The zero-order valence-corrected chi connectivity index (χ0v) is 9.59. The zero-order valence-electron chi connectivity index (χ0n) is 8.78. The fourth-order valence-corrected chi connectivity index (χ4v) is 1.66. The van der Waals surface area contributed by atoms with Gasteiger partial charge in [0.1, 0.15) is 10.6 Å². The molecular formula is C11H10N2O3S. The number of nitrogens with zero attached hydrogens (tertiary/aromatic N) is 1. The SMILES string of the molecule is NS(=O)(=O)c1ccc(Oc2ccccc2)nc1. The van der Waals surface area contributed by atoms with Gasteiger partial charge in [-0.25, -0.2) is 18.5 Å². The lowest BCUT2D eigenvalue weighted by Gasteiger charge is -2.04. The average molecular weight is 250 g/mol. The minimum absolute atomic E-state index is 0.0436. The summed E-state index contributed by atoms with van der Waals surface area (Å²) in [5.41, 5.74) is 0. The molecule has 0 aliphatic rings. The lowest BCUT2D eigenvalue weighted by atomic mass is 10.3. The van der Waals surface area contributed by atoms with E-state index in [-0.39, 0.29) is 4.90 Å². The van der Waals surface area contributed by atoms with Crippen LogP contribution in [-0.2, 0) is 10.0 Å². The highest BCUT2D eigenvalue weighted by Gasteiger charge is 2.08. The Morgan fingerprint density at radius 3 is 2.29 bits per heavy atom. The van der Waals surface area contributed by atoms with Crippen molar-refractivity contribution >= 4 is 10.0 Å². The van der Waals surface area contributed by atoms with Crippen molar-refractivity contribution < 1.29 is 13.2 Å². The molecule has 0 unspecified atom stereocenters. The first-order valence-corrected chi connectivity index (χ1v) is 6.32. The van der Waals surface area contributed by atoms with E-state index in [4.69, 9.17) is 9.88 Å². The lowest BCUT2D eigenvalue weighted by Crippen LogP contribution is -2.12. The van der Waals surface area contributed by atoms with Gasteiger partial charge in [-0.1, -0.05) is 18.2 Å². The van der Waals surface area contributed by atoms with Gasteiger partial charge in [0, 0.05) is 6.07 Å². The van der Waals surface area contributed by atoms with E-state index in [2.05, 4.69) is 4.98 Å². The number of hydrogen-bond acceptors (Lipinski definition) is 4. The van der Waals surface area contributed by atoms with Crippen LogP contribution in [0.5, 0.6) is 11.6 Å². The van der Waals surface area contributed by atoms with Crippen LogP contribution in [-0.4, -0.2) is 13.4 Å². The molecule has 6 heteroatoms. The fraction of sp³-hybridized carbons (Fsp3) is 0. The number of ether oxygens (including phenoxy) is 1. The summed E-state index contributed by atoms with van der Waals surface area (Å²) in [6.07, 6.45) is 1.16. The minimum atomic E-state index is -3.71. The second kappa shape index (κ2) is 4.52. The molecule has 0 saturated heterocycles. The van der Waals surface area contributed by atoms with Crippen LogP contribution in [0.3, 0.4) is 0 Å². The van der Waals surface area contributed by atoms with E-state index in [0.717, 1.165) is 6.20 Å².